The summed E-state index contributed by atoms with van der Waals surface area (Å²) in [6, 6.07) is 59.7. The van der Waals surface area contributed by atoms with E-state index in [1.165, 1.54) is 81.0 Å². The number of thiophene rings is 1. The van der Waals surface area contributed by atoms with Gasteiger partial charge in [0.05, 0.1) is 16.7 Å². The molecule has 7 aromatic carbocycles. The maximum atomic E-state index is 2.48. The van der Waals surface area contributed by atoms with Crippen LogP contribution in [0.5, 0.6) is 0 Å². The molecule has 206 valence electrons. The van der Waals surface area contributed by atoms with Crippen molar-refractivity contribution in [3.8, 4) is 39.1 Å². The molecule has 0 saturated heterocycles. The Morgan fingerprint density at radius 3 is 1.89 bits per heavy atom. The Balaban J connectivity index is 1.31. The van der Waals surface area contributed by atoms with Gasteiger partial charge in [0.15, 0.2) is 0 Å². The van der Waals surface area contributed by atoms with E-state index in [4.69, 9.17) is 0 Å². The Morgan fingerprint density at radius 2 is 1.00 bits per heavy atom. The van der Waals surface area contributed by atoms with Gasteiger partial charge in [-0.1, -0.05) is 140 Å². The molecule has 0 N–H and O–H groups in total. The van der Waals surface area contributed by atoms with Crippen molar-refractivity contribution in [3.63, 3.8) is 0 Å². The molecule has 0 spiro atoms. The summed E-state index contributed by atoms with van der Waals surface area (Å²) in [6.45, 7) is 0. The molecule has 9 rings (SSSR count). The average molecular weight is 578 g/mol. The number of nitrogens with zero attached hydrogens (tertiary/aromatic N) is 1. The Kier molecular flexibility index (Phi) is 5.75. The lowest BCUT2D eigenvalue weighted by Gasteiger charge is -2.18. The monoisotopic (exact) mass is 577 g/mol. The summed E-state index contributed by atoms with van der Waals surface area (Å²) < 4.78 is 5.13. The first-order valence-corrected chi connectivity index (χ1v) is 15.8. The Bertz CT molecular complexity index is 2500. The molecular formula is C42H27NS. The second kappa shape index (κ2) is 10.1. The Hall–Kier alpha value is -5.44. The molecule has 2 aromatic heterocycles. The highest BCUT2D eigenvalue weighted by Gasteiger charge is 2.20. The number of hydrogen-bond acceptors (Lipinski definition) is 1. The van der Waals surface area contributed by atoms with Crippen molar-refractivity contribution in [2.24, 2.45) is 0 Å². The van der Waals surface area contributed by atoms with E-state index in [0.29, 0.717) is 0 Å². The smallest absolute Gasteiger partial charge is 0.0619 e. The molecule has 0 fully saturated rings. The molecule has 1 nitrogen and oxygen atoms in total. The zero-order valence-corrected chi connectivity index (χ0v) is 24.8. The van der Waals surface area contributed by atoms with Crippen LogP contribution >= 0.6 is 11.3 Å². The van der Waals surface area contributed by atoms with E-state index in [0.717, 1.165) is 0 Å². The molecule has 0 bridgehead atoms. The van der Waals surface area contributed by atoms with Gasteiger partial charge in [0.2, 0.25) is 0 Å². The highest BCUT2D eigenvalue weighted by molar-refractivity contribution is 7.25. The van der Waals surface area contributed by atoms with Crippen molar-refractivity contribution in [1.82, 2.24) is 4.57 Å². The summed E-state index contributed by atoms with van der Waals surface area (Å²) in [5, 5.41) is 5.18. The molecule has 0 aliphatic carbocycles. The van der Waals surface area contributed by atoms with Crippen molar-refractivity contribution in [2.45, 2.75) is 0 Å². The molecule has 0 radical (unpaired) electrons. The predicted molar refractivity (Wildman–Crippen MR) is 190 cm³/mol. The van der Waals surface area contributed by atoms with Crippen LogP contribution in [-0.4, -0.2) is 4.57 Å². The van der Waals surface area contributed by atoms with Gasteiger partial charge in [-0.05, 0) is 46.5 Å². The third kappa shape index (κ3) is 3.85. The van der Waals surface area contributed by atoms with Gasteiger partial charge < -0.3 is 4.57 Å². The first kappa shape index (κ1) is 25.1. The topological polar surface area (TPSA) is 4.93 Å². The van der Waals surface area contributed by atoms with E-state index in [2.05, 4.69) is 168 Å². The fourth-order valence-electron chi connectivity index (χ4n) is 6.88. The number of aromatic nitrogens is 1. The molecule has 0 unspecified atom stereocenters. The van der Waals surface area contributed by atoms with E-state index in [-0.39, 0.29) is 0 Å². The van der Waals surface area contributed by atoms with Gasteiger partial charge in [0.1, 0.15) is 0 Å². The zero-order valence-electron chi connectivity index (χ0n) is 23.9. The summed E-state index contributed by atoms with van der Waals surface area (Å²) in [6.07, 6.45) is 0. The summed E-state index contributed by atoms with van der Waals surface area (Å²) in [4.78, 5) is 0. The first-order chi connectivity index (χ1) is 21.8. The number of benzene rings is 7. The molecule has 0 atom stereocenters. The molecule has 0 aliphatic heterocycles. The quantitative estimate of drug-likeness (QED) is 0.196. The fraction of sp³-hybridized carbons (Fsp3) is 0. The van der Waals surface area contributed by atoms with E-state index in [1.807, 2.05) is 11.3 Å². The normalized spacial score (nSPS) is 11.6. The number of fused-ring (bicyclic) bond motifs is 6. The lowest BCUT2D eigenvalue weighted by atomic mass is 9.93. The number of rotatable bonds is 4. The summed E-state index contributed by atoms with van der Waals surface area (Å²) in [5.74, 6) is 0. The van der Waals surface area contributed by atoms with Gasteiger partial charge >= 0.3 is 0 Å². The maximum absolute atomic E-state index is 2.48. The van der Waals surface area contributed by atoms with Crippen LogP contribution in [0.25, 0.3) is 81.0 Å². The van der Waals surface area contributed by atoms with Crippen molar-refractivity contribution >= 4 is 53.3 Å². The van der Waals surface area contributed by atoms with Crippen LogP contribution in [-0.2, 0) is 0 Å². The fourth-order valence-corrected chi connectivity index (χ4v) is 8.02. The van der Waals surface area contributed by atoms with Crippen LogP contribution in [0.15, 0.2) is 164 Å². The van der Waals surface area contributed by atoms with E-state index in [9.17, 15) is 0 Å². The van der Waals surface area contributed by atoms with Crippen LogP contribution < -0.4 is 0 Å². The molecule has 44 heavy (non-hydrogen) atoms. The van der Waals surface area contributed by atoms with Crippen molar-refractivity contribution in [3.05, 3.63) is 164 Å². The third-order valence-electron chi connectivity index (χ3n) is 8.83. The Morgan fingerprint density at radius 1 is 0.364 bits per heavy atom. The first-order valence-electron chi connectivity index (χ1n) is 15.0. The molecule has 0 amide bonds. The lowest BCUT2D eigenvalue weighted by molar-refractivity contribution is 1.18. The van der Waals surface area contributed by atoms with Gasteiger partial charge in [-0.25, -0.2) is 0 Å². The standard InChI is InChI=1S/C42H27NS/c1-2-13-28(14-3-1)31-20-12-21-37-34-18-7-10-23-39(34)43(42(31)37)38-22-9-6-17-33(38)32-16-5-4-15-30(32)29-25-26-36-35-19-8-11-24-40(35)44-41(36)27-29/h1-27H. The predicted octanol–water partition coefficient (Wildman–Crippen LogP) is 12.2. The SMILES string of the molecule is c1ccc(-c2cccc3c4ccccc4n(-c4ccccc4-c4ccccc4-c4ccc5c(c4)sc4ccccc45)c23)cc1. The van der Waals surface area contributed by atoms with Crippen LogP contribution in [0.3, 0.4) is 0 Å². The number of para-hydroxylation sites is 3. The van der Waals surface area contributed by atoms with Crippen molar-refractivity contribution in [2.75, 3.05) is 0 Å². The zero-order chi connectivity index (χ0) is 29.0. The van der Waals surface area contributed by atoms with Gasteiger partial charge in [-0.15, -0.1) is 11.3 Å². The largest absolute Gasteiger partial charge is 0.308 e. The Labute approximate surface area is 259 Å². The van der Waals surface area contributed by atoms with E-state index < -0.39 is 0 Å². The van der Waals surface area contributed by atoms with Gasteiger partial charge in [-0.3, -0.25) is 0 Å². The third-order valence-corrected chi connectivity index (χ3v) is 9.97. The summed E-state index contributed by atoms with van der Waals surface area (Å²) >= 11 is 1.87. The molecule has 0 aliphatic rings. The molecule has 2 heteroatoms. The van der Waals surface area contributed by atoms with Gasteiger partial charge in [0, 0.05) is 42.1 Å². The van der Waals surface area contributed by atoms with Crippen molar-refractivity contribution in [1.29, 1.82) is 0 Å². The van der Waals surface area contributed by atoms with Gasteiger partial charge in [-0.2, -0.15) is 0 Å². The van der Waals surface area contributed by atoms with Crippen LogP contribution in [0.1, 0.15) is 0 Å². The maximum Gasteiger partial charge on any atom is 0.0619 e. The minimum absolute atomic E-state index is 1.18. The highest BCUT2D eigenvalue weighted by Crippen LogP contribution is 2.43. The highest BCUT2D eigenvalue weighted by atomic mass is 32.1. The second-order valence-electron chi connectivity index (χ2n) is 11.3. The summed E-state index contributed by atoms with van der Waals surface area (Å²) in [7, 11) is 0. The molecule has 0 saturated carbocycles. The number of hydrogen-bond donors (Lipinski definition) is 0. The summed E-state index contributed by atoms with van der Waals surface area (Å²) in [5.41, 5.74) is 11.0. The molecular weight excluding hydrogens is 551 g/mol. The average Bonchev–Trinajstić information content (AvgIpc) is 3.64. The van der Waals surface area contributed by atoms with E-state index >= 15 is 0 Å². The van der Waals surface area contributed by atoms with E-state index in [1.54, 1.807) is 0 Å². The van der Waals surface area contributed by atoms with Crippen LogP contribution in [0.2, 0.25) is 0 Å². The minimum atomic E-state index is 1.18. The minimum Gasteiger partial charge on any atom is -0.308 e. The van der Waals surface area contributed by atoms with Crippen molar-refractivity contribution < 1.29 is 0 Å². The molecule has 2 heterocycles. The molecule has 9 aromatic rings. The van der Waals surface area contributed by atoms with Crippen LogP contribution in [0, 0.1) is 0 Å². The second-order valence-corrected chi connectivity index (χ2v) is 12.4. The van der Waals surface area contributed by atoms with Crippen LogP contribution in [0.4, 0.5) is 0 Å². The van der Waals surface area contributed by atoms with Gasteiger partial charge in [0.25, 0.3) is 0 Å². The lowest BCUT2D eigenvalue weighted by Crippen LogP contribution is -1.99.